The summed E-state index contributed by atoms with van der Waals surface area (Å²) in [5.41, 5.74) is 7.78. The van der Waals surface area contributed by atoms with Crippen LogP contribution in [0.2, 0.25) is 0 Å². The highest BCUT2D eigenvalue weighted by Crippen LogP contribution is 2.37. The summed E-state index contributed by atoms with van der Waals surface area (Å²) in [6, 6.07) is 2.42. The van der Waals surface area contributed by atoms with E-state index in [1.54, 1.807) is 6.26 Å². The van der Waals surface area contributed by atoms with Crippen LogP contribution in [0.5, 0.6) is 0 Å². The van der Waals surface area contributed by atoms with E-state index in [0.29, 0.717) is 6.04 Å². The van der Waals surface area contributed by atoms with Crippen LogP contribution in [0.15, 0.2) is 16.7 Å². The Morgan fingerprint density at radius 2 is 2.35 bits per heavy atom. The van der Waals surface area contributed by atoms with Crippen LogP contribution in [0.4, 0.5) is 0 Å². The summed E-state index contributed by atoms with van der Waals surface area (Å²) in [6.45, 7) is 6.36. The Balaban J connectivity index is 1.93. The van der Waals surface area contributed by atoms with E-state index in [1.165, 1.54) is 24.8 Å². The van der Waals surface area contributed by atoms with Gasteiger partial charge in [-0.15, -0.1) is 0 Å². The maximum atomic E-state index is 6.22. The Kier molecular flexibility index (Phi) is 3.59. The van der Waals surface area contributed by atoms with E-state index >= 15 is 0 Å². The fourth-order valence-electron chi connectivity index (χ4n) is 2.99. The fraction of sp³-hybridized carbons (Fsp3) is 0.714. The quantitative estimate of drug-likeness (QED) is 0.873. The van der Waals surface area contributed by atoms with E-state index in [2.05, 4.69) is 24.9 Å². The second-order valence-electron chi connectivity index (χ2n) is 5.83. The minimum Gasteiger partial charge on any atom is -0.469 e. The molecular formula is C14H24N2O. The molecule has 1 aliphatic rings. The van der Waals surface area contributed by atoms with E-state index < -0.39 is 0 Å². The Bertz CT molecular complexity index is 374. The van der Waals surface area contributed by atoms with Crippen molar-refractivity contribution in [2.45, 2.75) is 45.7 Å². The van der Waals surface area contributed by atoms with Crippen LogP contribution in [0.25, 0.3) is 0 Å². The summed E-state index contributed by atoms with van der Waals surface area (Å²) in [7, 11) is 2.17. The molecule has 0 aliphatic heterocycles. The van der Waals surface area contributed by atoms with Crippen LogP contribution in [0, 0.1) is 12.3 Å². The molecule has 2 atom stereocenters. The van der Waals surface area contributed by atoms with Crippen molar-refractivity contribution in [1.82, 2.24) is 4.90 Å². The van der Waals surface area contributed by atoms with Crippen LogP contribution in [0.1, 0.15) is 37.5 Å². The SMILES string of the molecule is Cc1occc1CN(C)CC1(C)CCCC1N. The summed E-state index contributed by atoms with van der Waals surface area (Å²) in [5, 5.41) is 0. The number of furan rings is 1. The van der Waals surface area contributed by atoms with E-state index in [-0.39, 0.29) is 5.41 Å². The molecule has 0 bridgehead atoms. The molecule has 2 unspecified atom stereocenters. The molecule has 0 radical (unpaired) electrons. The zero-order valence-electron chi connectivity index (χ0n) is 11.2. The van der Waals surface area contributed by atoms with Gasteiger partial charge in [-0.2, -0.15) is 0 Å². The van der Waals surface area contributed by atoms with Crippen molar-refractivity contribution < 1.29 is 4.42 Å². The van der Waals surface area contributed by atoms with Crippen molar-refractivity contribution in [3.05, 3.63) is 23.7 Å². The lowest BCUT2D eigenvalue weighted by Crippen LogP contribution is -2.42. The van der Waals surface area contributed by atoms with Crippen LogP contribution >= 0.6 is 0 Å². The second-order valence-corrected chi connectivity index (χ2v) is 5.83. The minimum atomic E-state index is 0.284. The number of hydrogen-bond donors (Lipinski definition) is 1. The van der Waals surface area contributed by atoms with Gasteiger partial charge in [0.2, 0.25) is 0 Å². The summed E-state index contributed by atoms with van der Waals surface area (Å²) in [5.74, 6) is 1.03. The standard InChI is InChI=1S/C14H24N2O/c1-11-12(6-8-17-11)9-16(3)10-14(2)7-4-5-13(14)15/h6,8,13H,4-5,7,9-10,15H2,1-3H3. The smallest absolute Gasteiger partial charge is 0.105 e. The van der Waals surface area contributed by atoms with E-state index in [1.807, 2.05) is 6.92 Å². The van der Waals surface area contributed by atoms with Crippen LogP contribution in [0.3, 0.4) is 0 Å². The molecule has 0 saturated heterocycles. The van der Waals surface area contributed by atoms with E-state index in [0.717, 1.165) is 18.8 Å². The predicted octanol–water partition coefficient (Wildman–Crippen LogP) is 2.54. The van der Waals surface area contributed by atoms with Gasteiger partial charge in [-0.05, 0) is 38.3 Å². The topological polar surface area (TPSA) is 42.4 Å². The van der Waals surface area contributed by atoms with Gasteiger partial charge < -0.3 is 15.1 Å². The molecule has 1 aromatic rings. The van der Waals surface area contributed by atoms with E-state index in [4.69, 9.17) is 10.2 Å². The van der Waals surface area contributed by atoms with Crippen molar-refractivity contribution in [3.63, 3.8) is 0 Å². The molecule has 1 saturated carbocycles. The molecule has 17 heavy (non-hydrogen) atoms. The average molecular weight is 236 g/mol. The number of rotatable bonds is 4. The second kappa shape index (κ2) is 4.83. The van der Waals surface area contributed by atoms with Crippen molar-refractivity contribution in [2.75, 3.05) is 13.6 Å². The molecule has 1 aliphatic carbocycles. The molecule has 0 spiro atoms. The van der Waals surface area contributed by atoms with Crippen LogP contribution in [-0.4, -0.2) is 24.5 Å². The van der Waals surface area contributed by atoms with Crippen molar-refractivity contribution in [2.24, 2.45) is 11.1 Å². The Labute approximate surface area is 104 Å². The molecule has 0 amide bonds. The summed E-state index contributed by atoms with van der Waals surface area (Å²) >= 11 is 0. The van der Waals surface area contributed by atoms with Crippen molar-refractivity contribution in [3.8, 4) is 0 Å². The van der Waals surface area contributed by atoms with E-state index in [9.17, 15) is 0 Å². The molecule has 1 aromatic heterocycles. The number of nitrogens with two attached hydrogens (primary N) is 1. The Morgan fingerprint density at radius 1 is 1.59 bits per heavy atom. The van der Waals surface area contributed by atoms with Gasteiger partial charge in [-0.3, -0.25) is 0 Å². The summed E-state index contributed by atoms with van der Waals surface area (Å²) < 4.78 is 5.33. The maximum Gasteiger partial charge on any atom is 0.105 e. The van der Waals surface area contributed by atoms with Crippen molar-refractivity contribution in [1.29, 1.82) is 0 Å². The monoisotopic (exact) mass is 236 g/mol. The van der Waals surface area contributed by atoms with Gasteiger partial charge in [0.05, 0.1) is 6.26 Å². The molecule has 2 N–H and O–H groups in total. The van der Waals surface area contributed by atoms with Crippen LogP contribution < -0.4 is 5.73 Å². The highest BCUT2D eigenvalue weighted by atomic mass is 16.3. The third-order valence-corrected chi connectivity index (χ3v) is 4.20. The normalized spacial score (nSPS) is 29.1. The Morgan fingerprint density at radius 3 is 2.88 bits per heavy atom. The van der Waals surface area contributed by atoms with Gasteiger partial charge in [0.25, 0.3) is 0 Å². The molecule has 2 rings (SSSR count). The first-order valence-electron chi connectivity index (χ1n) is 6.48. The lowest BCUT2D eigenvalue weighted by molar-refractivity contribution is 0.172. The molecule has 96 valence electrons. The lowest BCUT2D eigenvalue weighted by Gasteiger charge is -2.33. The lowest BCUT2D eigenvalue weighted by atomic mass is 9.84. The molecule has 3 heteroatoms. The first kappa shape index (κ1) is 12.7. The highest BCUT2D eigenvalue weighted by Gasteiger charge is 2.37. The minimum absolute atomic E-state index is 0.284. The molecule has 1 heterocycles. The summed E-state index contributed by atoms with van der Waals surface area (Å²) in [4.78, 5) is 2.36. The molecule has 0 aromatic carbocycles. The molecular weight excluding hydrogens is 212 g/mol. The van der Waals surface area contributed by atoms with Gasteiger partial charge in [0, 0.05) is 24.7 Å². The third kappa shape index (κ3) is 2.72. The summed E-state index contributed by atoms with van der Waals surface area (Å²) in [6.07, 6.45) is 5.47. The molecule has 1 fully saturated rings. The first-order valence-corrected chi connectivity index (χ1v) is 6.48. The number of hydrogen-bond acceptors (Lipinski definition) is 3. The van der Waals surface area contributed by atoms with Gasteiger partial charge in [-0.1, -0.05) is 13.3 Å². The third-order valence-electron chi connectivity index (χ3n) is 4.20. The number of nitrogens with zero attached hydrogens (tertiary/aromatic N) is 1. The maximum absolute atomic E-state index is 6.22. The first-order chi connectivity index (χ1) is 8.01. The Hall–Kier alpha value is -0.800. The molecule has 3 nitrogen and oxygen atoms in total. The highest BCUT2D eigenvalue weighted by molar-refractivity contribution is 5.15. The van der Waals surface area contributed by atoms with Gasteiger partial charge >= 0.3 is 0 Å². The van der Waals surface area contributed by atoms with Crippen LogP contribution in [-0.2, 0) is 6.54 Å². The largest absolute Gasteiger partial charge is 0.469 e. The van der Waals surface area contributed by atoms with Gasteiger partial charge in [0.1, 0.15) is 5.76 Å². The van der Waals surface area contributed by atoms with Gasteiger partial charge in [-0.25, -0.2) is 0 Å². The number of aryl methyl sites for hydroxylation is 1. The predicted molar refractivity (Wildman–Crippen MR) is 69.7 cm³/mol. The van der Waals surface area contributed by atoms with Crippen molar-refractivity contribution >= 4 is 0 Å². The zero-order valence-corrected chi connectivity index (χ0v) is 11.2. The van der Waals surface area contributed by atoms with Gasteiger partial charge in [0.15, 0.2) is 0 Å². The zero-order chi connectivity index (χ0) is 12.5. The fourth-order valence-corrected chi connectivity index (χ4v) is 2.99. The average Bonchev–Trinajstić information content (AvgIpc) is 2.76.